The van der Waals surface area contributed by atoms with Gasteiger partial charge in [-0.1, -0.05) is 0 Å². The van der Waals surface area contributed by atoms with Crippen LogP contribution in [0.15, 0.2) is 4.99 Å². The summed E-state index contributed by atoms with van der Waals surface area (Å²) in [6.07, 6.45) is 3.35. The van der Waals surface area contributed by atoms with E-state index in [4.69, 9.17) is 0 Å². The summed E-state index contributed by atoms with van der Waals surface area (Å²) in [7, 11) is -3.25. The molecular weight excluding hydrogens is 326 g/mol. The highest BCUT2D eigenvalue weighted by molar-refractivity contribution is 7.88. The molecule has 0 spiro atoms. The molecule has 142 valence electrons. The summed E-state index contributed by atoms with van der Waals surface area (Å²) in [5, 5.41) is 6.73. The zero-order valence-corrected chi connectivity index (χ0v) is 16.8. The van der Waals surface area contributed by atoms with Crippen LogP contribution >= 0.6 is 0 Å². The molecule has 0 aromatic heterocycles. The van der Waals surface area contributed by atoms with Gasteiger partial charge in [-0.25, -0.2) is 13.1 Å². The number of hydrogen-bond donors (Lipinski definition) is 3. The molecule has 24 heavy (non-hydrogen) atoms. The second-order valence-electron chi connectivity index (χ2n) is 7.50. The lowest BCUT2D eigenvalue weighted by atomic mass is 10.0. The van der Waals surface area contributed by atoms with Gasteiger partial charge in [-0.15, -0.1) is 0 Å². The lowest BCUT2D eigenvalue weighted by Gasteiger charge is -2.35. The molecular formula is C16H35N5O2S. The summed E-state index contributed by atoms with van der Waals surface area (Å²) >= 11 is 0. The fraction of sp³-hybridized carbons (Fsp3) is 0.938. The molecule has 0 unspecified atom stereocenters. The van der Waals surface area contributed by atoms with Gasteiger partial charge in [0.15, 0.2) is 5.96 Å². The van der Waals surface area contributed by atoms with Gasteiger partial charge < -0.3 is 15.5 Å². The van der Waals surface area contributed by atoms with Crippen molar-refractivity contribution in [3.8, 4) is 0 Å². The first-order valence-electron chi connectivity index (χ1n) is 8.80. The SMILES string of the molecule is CCNC(=NCC(C)(C)NS(C)(=O)=O)NC1CCN(C(C)C)CC1. The summed E-state index contributed by atoms with van der Waals surface area (Å²) in [6, 6.07) is 1.000. The van der Waals surface area contributed by atoms with Gasteiger partial charge in [0, 0.05) is 37.3 Å². The molecule has 1 heterocycles. The predicted octanol–water partition coefficient (Wildman–Crippen LogP) is 0.742. The van der Waals surface area contributed by atoms with Crippen molar-refractivity contribution < 1.29 is 8.42 Å². The van der Waals surface area contributed by atoms with E-state index in [0.29, 0.717) is 18.6 Å². The number of sulfonamides is 1. The number of guanidine groups is 1. The van der Waals surface area contributed by atoms with Crippen LogP contribution in [0.5, 0.6) is 0 Å². The quantitative estimate of drug-likeness (QED) is 0.460. The van der Waals surface area contributed by atoms with Gasteiger partial charge >= 0.3 is 0 Å². The average molecular weight is 362 g/mol. The molecule has 0 bridgehead atoms. The molecule has 1 rings (SSSR count). The predicted molar refractivity (Wildman–Crippen MR) is 101 cm³/mol. The lowest BCUT2D eigenvalue weighted by molar-refractivity contribution is 0.167. The van der Waals surface area contributed by atoms with Crippen LogP contribution in [0.4, 0.5) is 0 Å². The van der Waals surface area contributed by atoms with Crippen LogP contribution in [-0.2, 0) is 10.0 Å². The Morgan fingerprint density at radius 1 is 1.29 bits per heavy atom. The summed E-state index contributed by atoms with van der Waals surface area (Å²) in [4.78, 5) is 7.06. The van der Waals surface area contributed by atoms with Gasteiger partial charge in [0.1, 0.15) is 0 Å². The highest BCUT2D eigenvalue weighted by Crippen LogP contribution is 2.13. The molecule has 0 saturated carbocycles. The van der Waals surface area contributed by atoms with Crippen molar-refractivity contribution in [3.05, 3.63) is 0 Å². The second kappa shape index (κ2) is 9.01. The maximum Gasteiger partial charge on any atom is 0.209 e. The van der Waals surface area contributed by atoms with E-state index in [2.05, 4.69) is 39.1 Å². The van der Waals surface area contributed by atoms with Gasteiger partial charge in [-0.2, -0.15) is 0 Å². The molecule has 0 aromatic rings. The van der Waals surface area contributed by atoms with E-state index in [1.807, 2.05) is 20.8 Å². The Balaban J connectivity index is 2.60. The molecule has 1 saturated heterocycles. The van der Waals surface area contributed by atoms with E-state index >= 15 is 0 Å². The largest absolute Gasteiger partial charge is 0.357 e. The molecule has 0 atom stereocenters. The number of nitrogens with one attached hydrogen (secondary N) is 3. The highest BCUT2D eigenvalue weighted by atomic mass is 32.2. The highest BCUT2D eigenvalue weighted by Gasteiger charge is 2.24. The van der Waals surface area contributed by atoms with Gasteiger partial charge in [0.05, 0.1) is 12.8 Å². The minimum absolute atomic E-state index is 0.375. The topological polar surface area (TPSA) is 85.8 Å². The maximum atomic E-state index is 11.4. The number of likely N-dealkylation sites (tertiary alicyclic amines) is 1. The van der Waals surface area contributed by atoms with Crippen LogP contribution in [-0.4, -0.2) is 69.3 Å². The van der Waals surface area contributed by atoms with Crippen molar-refractivity contribution in [1.82, 2.24) is 20.3 Å². The first-order valence-corrected chi connectivity index (χ1v) is 10.7. The van der Waals surface area contributed by atoms with E-state index in [-0.39, 0.29) is 0 Å². The minimum Gasteiger partial charge on any atom is -0.357 e. The number of nitrogens with zero attached hydrogens (tertiary/aromatic N) is 2. The van der Waals surface area contributed by atoms with Crippen LogP contribution in [0.3, 0.4) is 0 Å². The van der Waals surface area contributed by atoms with Gasteiger partial charge in [0.2, 0.25) is 10.0 Å². The third kappa shape index (κ3) is 8.30. The Bertz CT molecular complexity index is 509. The fourth-order valence-corrected chi connectivity index (χ4v) is 3.95. The molecule has 8 heteroatoms. The molecule has 1 fully saturated rings. The summed E-state index contributed by atoms with van der Waals surface area (Å²) in [5.41, 5.74) is -0.614. The van der Waals surface area contributed by atoms with E-state index < -0.39 is 15.6 Å². The second-order valence-corrected chi connectivity index (χ2v) is 9.25. The van der Waals surface area contributed by atoms with Crippen LogP contribution in [0, 0.1) is 0 Å². The number of hydrogen-bond acceptors (Lipinski definition) is 4. The first-order chi connectivity index (χ1) is 11.0. The van der Waals surface area contributed by atoms with E-state index in [1.165, 1.54) is 6.26 Å². The van der Waals surface area contributed by atoms with E-state index in [9.17, 15) is 8.42 Å². The monoisotopic (exact) mass is 361 g/mol. The zero-order valence-electron chi connectivity index (χ0n) is 16.0. The number of piperidine rings is 1. The summed E-state index contributed by atoms with van der Waals surface area (Å²) in [6.45, 7) is 13.5. The fourth-order valence-electron chi connectivity index (χ4n) is 2.88. The average Bonchev–Trinajstić information content (AvgIpc) is 2.43. The standard InChI is InChI=1S/C16H35N5O2S/c1-7-17-15(18-12-16(4,5)20-24(6,22)23)19-14-8-10-21(11-9-14)13(2)3/h13-14,20H,7-12H2,1-6H3,(H2,17,18,19). The summed E-state index contributed by atoms with van der Waals surface area (Å²) < 4.78 is 25.5. The smallest absolute Gasteiger partial charge is 0.209 e. The van der Waals surface area contributed by atoms with Crippen molar-refractivity contribution in [3.63, 3.8) is 0 Å². The minimum atomic E-state index is -3.25. The third-order valence-corrected chi connectivity index (χ3v) is 4.96. The van der Waals surface area contributed by atoms with Crippen LogP contribution in [0.25, 0.3) is 0 Å². The van der Waals surface area contributed by atoms with E-state index in [0.717, 1.165) is 38.4 Å². The lowest BCUT2D eigenvalue weighted by Crippen LogP contribution is -2.51. The zero-order chi connectivity index (χ0) is 18.4. The van der Waals surface area contributed by atoms with Crippen molar-refractivity contribution in [2.75, 3.05) is 32.4 Å². The Morgan fingerprint density at radius 3 is 2.33 bits per heavy atom. The van der Waals surface area contributed by atoms with Gasteiger partial charge in [-0.3, -0.25) is 4.99 Å². The molecule has 0 aliphatic carbocycles. The molecule has 0 amide bonds. The number of rotatable bonds is 7. The maximum absolute atomic E-state index is 11.4. The summed E-state index contributed by atoms with van der Waals surface area (Å²) in [5.74, 6) is 0.754. The van der Waals surface area contributed by atoms with Crippen molar-refractivity contribution in [2.45, 2.75) is 65.1 Å². The van der Waals surface area contributed by atoms with Crippen molar-refractivity contribution >= 4 is 16.0 Å². The third-order valence-electron chi connectivity index (χ3n) is 4.04. The molecule has 0 aromatic carbocycles. The van der Waals surface area contributed by atoms with Crippen molar-refractivity contribution in [1.29, 1.82) is 0 Å². The normalized spacial score (nSPS) is 18.9. The molecule has 1 aliphatic heterocycles. The Hall–Kier alpha value is -0.860. The molecule has 7 nitrogen and oxygen atoms in total. The molecule has 0 radical (unpaired) electrons. The molecule has 3 N–H and O–H groups in total. The Morgan fingerprint density at radius 2 is 1.88 bits per heavy atom. The first kappa shape index (κ1) is 21.2. The van der Waals surface area contributed by atoms with Crippen LogP contribution in [0.1, 0.15) is 47.5 Å². The van der Waals surface area contributed by atoms with Crippen LogP contribution in [0.2, 0.25) is 0 Å². The number of aliphatic imine (C=N–C) groups is 1. The van der Waals surface area contributed by atoms with Gasteiger partial charge in [-0.05, 0) is 47.5 Å². The Labute approximate surface area is 147 Å². The van der Waals surface area contributed by atoms with Crippen molar-refractivity contribution in [2.24, 2.45) is 4.99 Å². The Kier molecular flexibility index (Phi) is 7.95. The van der Waals surface area contributed by atoms with Gasteiger partial charge in [0.25, 0.3) is 0 Å². The van der Waals surface area contributed by atoms with Crippen LogP contribution < -0.4 is 15.4 Å². The van der Waals surface area contributed by atoms with E-state index in [1.54, 1.807) is 0 Å². The molecule has 1 aliphatic rings.